The van der Waals surface area contributed by atoms with Gasteiger partial charge in [0.2, 0.25) is 53.4 Å². The number of hydrogen-bond donors (Lipinski definition) is 21. The van der Waals surface area contributed by atoms with E-state index < -0.39 is 249 Å². The highest BCUT2D eigenvalue weighted by Crippen LogP contribution is 2.50. The van der Waals surface area contributed by atoms with Crippen LogP contribution in [0.1, 0.15) is 125 Å². The number of aliphatic hydroxyl groups excluding tert-OH is 6. The molecule has 13 rings (SSSR count). The van der Waals surface area contributed by atoms with Gasteiger partial charge in [0.1, 0.15) is 114 Å². The maximum atomic E-state index is 16.4. The van der Waals surface area contributed by atoms with Crippen LogP contribution in [0.15, 0.2) is 97.1 Å². The Morgan fingerprint density at radius 3 is 1.98 bits per heavy atom. The number of primary amides is 1. The number of carbonyl (C=O) groups is 9. The van der Waals surface area contributed by atoms with Crippen LogP contribution in [0.25, 0.3) is 11.1 Å². The molecule has 0 aromatic heterocycles. The fraction of sp³-hybridized carbons (Fsp3) is 0.451. The van der Waals surface area contributed by atoms with Gasteiger partial charge in [0, 0.05) is 53.9 Å². The van der Waals surface area contributed by atoms with Crippen molar-refractivity contribution in [3.63, 3.8) is 0 Å². The van der Waals surface area contributed by atoms with Crippen molar-refractivity contribution in [3.05, 3.63) is 135 Å². The summed E-state index contributed by atoms with van der Waals surface area (Å²) in [6.07, 6.45) is -19.8. The van der Waals surface area contributed by atoms with E-state index in [9.17, 15) is 65.1 Å². The Kier molecular flexibility index (Phi) is 29.8. The number of phenols is 2. The SMILES string of the molecule is CCNCCOc1ccc(NC(=O)Oc2cc(O)c3c(c2)[C@@H](C(=O)O)NC(=O)[C@H]2NC(=O)[C@H](NC(=O)[C@@H]4NC(=O)[C@H](CC(N)=O)NC(=O)[C@H](NC(=O)[C@@H](CC(C)C)NC)[C@H](O)c5ccc(c(C)c5)Oc5cc4cc(c5O[C@@H]4O[C@H](CO)[C@@H](O)[C@H](O)[C@H]4O[C@H]4C[C@](C)(N)[C@H](O)[C@H](C)O4)Oc4ccc(cc4Cl)[C@H]2O)c2ccc(O)c-3c2)c(OCCNCC)c1. The number of ether oxygens (including phenoxy) is 9. The lowest BCUT2D eigenvalue weighted by atomic mass is 9.86. The van der Waals surface area contributed by atoms with Crippen LogP contribution in [0, 0.1) is 12.8 Å². The summed E-state index contributed by atoms with van der Waals surface area (Å²) in [6, 6.07) is 4.29. The molecule has 7 aliphatic heterocycles. The van der Waals surface area contributed by atoms with Gasteiger partial charge >= 0.3 is 12.1 Å². The van der Waals surface area contributed by atoms with Crippen molar-refractivity contribution in [1.29, 1.82) is 0 Å². The van der Waals surface area contributed by atoms with E-state index in [1.807, 2.05) is 27.7 Å². The minimum Gasteiger partial charge on any atom is -0.507 e. The van der Waals surface area contributed by atoms with Crippen molar-refractivity contribution in [2.75, 3.05) is 58.4 Å². The highest BCUT2D eigenvalue weighted by molar-refractivity contribution is 6.32. The number of nitrogens with one attached hydrogen (secondary N) is 10. The third-order valence-corrected chi connectivity index (χ3v) is 21.3. The Morgan fingerprint density at radius 2 is 1.34 bits per heavy atom. The van der Waals surface area contributed by atoms with Gasteiger partial charge in [-0.15, -0.1) is 0 Å². The van der Waals surface area contributed by atoms with Gasteiger partial charge in [-0.3, -0.25) is 38.9 Å². The van der Waals surface area contributed by atoms with E-state index in [1.54, 1.807) is 6.07 Å². The number of rotatable bonds is 25. The number of carboxylic acid groups (broad SMARTS) is 1. The first-order chi connectivity index (χ1) is 58.0. The number of phenolic OH excluding ortho intramolecular Hbond substituents is 2. The molecule has 6 aromatic carbocycles. The van der Waals surface area contributed by atoms with Crippen molar-refractivity contribution < 1.29 is 132 Å². The van der Waals surface area contributed by atoms with Crippen molar-refractivity contribution in [2.24, 2.45) is 17.4 Å². The number of nitrogens with two attached hydrogens (primary N) is 2. The first kappa shape index (κ1) is 91.5. The third kappa shape index (κ3) is 21.2. The van der Waals surface area contributed by atoms with Crippen molar-refractivity contribution in [3.8, 4) is 68.6 Å². The van der Waals surface area contributed by atoms with Crippen molar-refractivity contribution in [2.45, 2.75) is 177 Å². The first-order valence-electron chi connectivity index (χ1n) is 39.4. The number of aliphatic hydroxyl groups is 6. The predicted molar refractivity (Wildman–Crippen MR) is 432 cm³/mol. The maximum absolute atomic E-state index is 16.4. The summed E-state index contributed by atoms with van der Waals surface area (Å²) < 4.78 is 56.5. The summed E-state index contributed by atoms with van der Waals surface area (Å²) in [4.78, 5) is 134. The molecule has 6 aromatic rings. The smallest absolute Gasteiger partial charge is 0.417 e. The van der Waals surface area contributed by atoms with Gasteiger partial charge in [-0.2, -0.15) is 0 Å². The van der Waals surface area contributed by atoms with Gasteiger partial charge in [-0.25, -0.2) is 9.59 Å². The lowest BCUT2D eigenvalue weighted by Crippen LogP contribution is -2.64. The standard InChI is InChI=1S/C82H101ClN12O27/c1-9-87-19-21-114-42-14-15-47(54(31-42)115-22-20-88-10-2)90-81(113)117-43-29-45-60(51(98)30-43)44-25-38(11-16-50(44)97)61-75(107)95-65(78(110)93-63(45)79(111)112)67(101)40-13-18-53(46(83)26-40)119-56-28-41-27-55(70(56)122-80-71(69(103)68(102)57(34-96)120-80)121-59-33-82(7,85)72(104)37(6)116-59)118-52-17-12-39(24-36(52)5)66(100)64(94-73(105)48(86-8)23-35(3)4)77(109)89-49(32-58(84)99)74(106)91-62(41)76(108)92-61/h11-18,24-31,35,37,48-49,57,59,61-69,71-72,80,86-88,96-98,100-104H,9-10,19-23,32-34,85H2,1-8H3,(H2,84,99)(H,89,109)(H,90,113)(H,91,106)(H,92,108)(H,93,110)(H,94,105)(H,95,107)(H,111,112)/t37-,48+,49-,57+,59-,61+,62+,63-,64+,65-,66+,67+,68+,69-,71+,72+,80-,82-/m0/s1. The highest BCUT2D eigenvalue weighted by Gasteiger charge is 2.52. The second kappa shape index (κ2) is 39.7. The number of hydrogen-bond acceptors (Lipinski definition) is 30. The number of aryl methyl sites for hydroxylation is 1. The molecular formula is C82H101ClN12O27. The summed E-state index contributed by atoms with van der Waals surface area (Å²) in [7, 11) is 1.49. The van der Waals surface area contributed by atoms with E-state index in [1.165, 1.54) is 58.2 Å². The number of likely N-dealkylation sites (N-methyl/N-ethyl adjacent to an activating group) is 3. The minimum absolute atomic E-state index is 0.0453. The van der Waals surface area contributed by atoms with Crippen LogP contribution in [0.4, 0.5) is 10.5 Å². The summed E-state index contributed by atoms with van der Waals surface area (Å²) >= 11 is 7.18. The highest BCUT2D eigenvalue weighted by atomic mass is 35.5. The molecule has 0 unspecified atom stereocenters. The zero-order chi connectivity index (χ0) is 88.5. The lowest BCUT2D eigenvalue weighted by Gasteiger charge is -2.47. The van der Waals surface area contributed by atoms with Crippen molar-refractivity contribution in [1.82, 2.24) is 47.9 Å². The van der Waals surface area contributed by atoms with E-state index in [0.29, 0.717) is 31.9 Å². The number of amides is 8. The van der Waals surface area contributed by atoms with Crippen LogP contribution in [0.5, 0.6) is 57.5 Å². The van der Waals surface area contributed by atoms with E-state index in [2.05, 4.69) is 53.2 Å². The molecule has 8 amide bonds. The first-order valence-corrected chi connectivity index (χ1v) is 39.8. The molecule has 0 radical (unpaired) electrons. The molecule has 2 fully saturated rings. The molecule has 11 bridgehead atoms. The maximum Gasteiger partial charge on any atom is 0.417 e. The van der Waals surface area contributed by atoms with E-state index in [4.69, 9.17) is 65.7 Å². The number of benzene rings is 6. The average molecular weight is 1720 g/mol. The molecule has 0 spiro atoms. The normalized spacial score (nSPS) is 26.3. The molecular weight excluding hydrogens is 1620 g/mol. The van der Waals surface area contributed by atoms with Gasteiger partial charge in [-0.05, 0) is 148 Å². The van der Waals surface area contributed by atoms with Crippen LogP contribution >= 0.6 is 11.6 Å². The van der Waals surface area contributed by atoms with Crippen LogP contribution in [-0.2, 0) is 52.6 Å². The quantitative estimate of drug-likeness (QED) is 0.0362. The molecule has 7 heterocycles. The molecule has 122 heavy (non-hydrogen) atoms. The fourth-order valence-electron chi connectivity index (χ4n) is 14.6. The molecule has 39 nitrogen and oxygen atoms in total. The average Bonchev–Trinajstić information content (AvgIpc) is 0.761. The summed E-state index contributed by atoms with van der Waals surface area (Å²) in [5, 5.41) is 132. The van der Waals surface area contributed by atoms with E-state index >= 15 is 24.0 Å². The summed E-state index contributed by atoms with van der Waals surface area (Å²) in [5.41, 5.74) is 8.23. The summed E-state index contributed by atoms with van der Waals surface area (Å²) in [6.45, 7) is 13.6. The van der Waals surface area contributed by atoms with E-state index in [0.717, 1.165) is 60.7 Å². The molecule has 40 heteroatoms. The second-order valence-electron chi connectivity index (χ2n) is 30.6. The Morgan fingerprint density at radius 1 is 0.697 bits per heavy atom. The molecule has 0 aliphatic carbocycles. The molecule has 658 valence electrons. The number of anilines is 1. The zero-order valence-electron chi connectivity index (χ0n) is 67.6. The number of aromatic hydroxyl groups is 2. The Hall–Kier alpha value is -11.3. The fourth-order valence-corrected chi connectivity index (χ4v) is 14.8. The molecule has 0 saturated carbocycles. The largest absolute Gasteiger partial charge is 0.507 e. The Balaban J connectivity index is 1.10. The Bertz CT molecular complexity index is 4890. The van der Waals surface area contributed by atoms with Gasteiger partial charge in [0.25, 0.3) is 0 Å². The van der Waals surface area contributed by atoms with E-state index in [-0.39, 0.29) is 65.9 Å². The zero-order valence-corrected chi connectivity index (χ0v) is 68.4. The number of fused-ring (bicyclic) bond motifs is 15. The number of halogens is 1. The van der Waals surface area contributed by atoms with Gasteiger partial charge in [0.05, 0.1) is 42.0 Å². The third-order valence-electron chi connectivity index (χ3n) is 21.0. The van der Waals surface area contributed by atoms with Gasteiger partial charge in [-0.1, -0.05) is 57.5 Å². The lowest BCUT2D eigenvalue weighted by molar-refractivity contribution is -0.333. The van der Waals surface area contributed by atoms with Crippen LogP contribution in [0.3, 0.4) is 0 Å². The van der Waals surface area contributed by atoms with Gasteiger partial charge in [0.15, 0.2) is 29.9 Å². The molecule has 23 N–H and O–H groups in total. The van der Waals surface area contributed by atoms with Crippen molar-refractivity contribution >= 4 is 70.7 Å². The van der Waals surface area contributed by atoms with Crippen LogP contribution in [-0.4, -0.2) is 231 Å². The monoisotopic (exact) mass is 1720 g/mol. The molecule has 18 atom stereocenters. The van der Waals surface area contributed by atoms with Crippen LogP contribution < -0.4 is 93.1 Å². The summed E-state index contributed by atoms with van der Waals surface area (Å²) in [5.74, 6) is -15.2. The topological polar surface area (TPSA) is 591 Å². The molecule has 7 aliphatic rings. The second-order valence-corrected chi connectivity index (χ2v) is 31.0. The van der Waals surface area contributed by atoms with Gasteiger partial charge < -0.3 is 148 Å². The predicted octanol–water partition coefficient (Wildman–Crippen LogP) is 1.64. The number of carboxylic acids is 1. The molecule has 2 saturated heterocycles. The number of aliphatic carboxylic acids is 1. The van der Waals surface area contributed by atoms with Crippen LogP contribution in [0.2, 0.25) is 5.02 Å². The number of carbonyl (C=O) groups excluding carboxylic acids is 8. The minimum atomic E-state index is -2.38. The Labute approximate surface area is 704 Å².